The number of benzene rings is 1. The molecular weight excluding hydrogens is 278 g/mol. The number of carbonyl (C=O) groups excluding carboxylic acids is 1. The van der Waals surface area contributed by atoms with E-state index in [1.807, 2.05) is 0 Å². The molecule has 2 amide bonds. The molecule has 1 aromatic rings. The highest BCUT2D eigenvalue weighted by atomic mass is 35.5. The third-order valence-electron chi connectivity index (χ3n) is 2.84. The van der Waals surface area contributed by atoms with Gasteiger partial charge in [-0.3, -0.25) is 0 Å². The maximum Gasteiger partial charge on any atom is 0.322 e. The lowest BCUT2D eigenvalue weighted by Crippen LogP contribution is -2.43. The molecule has 0 saturated carbocycles. The molecule has 0 bridgehead atoms. The number of nitrogens with zero attached hydrogens (tertiary/aromatic N) is 1. The summed E-state index contributed by atoms with van der Waals surface area (Å²) < 4.78 is 5.21. The van der Waals surface area contributed by atoms with Gasteiger partial charge in [-0.2, -0.15) is 0 Å². The molecule has 106 valence electrons. The zero-order valence-electron chi connectivity index (χ0n) is 11.0. The fourth-order valence-corrected chi connectivity index (χ4v) is 1.98. The predicted octanol–water partition coefficient (Wildman–Crippen LogP) is 1.51. The van der Waals surface area contributed by atoms with Crippen molar-refractivity contribution in [3.05, 3.63) is 28.8 Å². The second-order valence-electron chi connectivity index (χ2n) is 4.23. The van der Waals surface area contributed by atoms with Crippen molar-refractivity contribution < 1.29 is 9.53 Å². The third kappa shape index (κ3) is 3.87. The Morgan fingerprint density at radius 3 is 2.90 bits per heavy atom. The number of amides is 2. The molecule has 1 aliphatic rings. The number of nitrogens with one attached hydrogen (secondary N) is 1. The van der Waals surface area contributed by atoms with E-state index in [1.54, 1.807) is 23.1 Å². The fourth-order valence-electron chi connectivity index (χ4n) is 1.81. The van der Waals surface area contributed by atoms with E-state index in [9.17, 15) is 4.79 Å². The van der Waals surface area contributed by atoms with Crippen LogP contribution in [-0.2, 0) is 4.74 Å². The topological polar surface area (TPSA) is 67.6 Å². The third-order valence-corrected chi connectivity index (χ3v) is 3.17. The van der Waals surface area contributed by atoms with Crippen LogP contribution in [0.1, 0.15) is 5.56 Å². The minimum Gasteiger partial charge on any atom is -0.378 e. The van der Waals surface area contributed by atoms with Crippen LogP contribution in [-0.4, -0.2) is 43.8 Å². The van der Waals surface area contributed by atoms with E-state index in [-0.39, 0.29) is 12.6 Å². The SMILES string of the molecule is NCC#Cc1ccc(Cl)c(NC(=O)N2CCOCC2)c1. The molecule has 1 aromatic carbocycles. The van der Waals surface area contributed by atoms with E-state index in [4.69, 9.17) is 22.1 Å². The summed E-state index contributed by atoms with van der Waals surface area (Å²) in [6.07, 6.45) is 0. The second-order valence-corrected chi connectivity index (χ2v) is 4.64. The van der Waals surface area contributed by atoms with E-state index in [0.717, 1.165) is 5.56 Å². The van der Waals surface area contributed by atoms with Crippen LogP contribution in [0.25, 0.3) is 0 Å². The number of nitrogens with two attached hydrogens (primary N) is 1. The Labute approximate surface area is 123 Å². The molecule has 0 spiro atoms. The number of anilines is 1. The van der Waals surface area contributed by atoms with Crippen LogP contribution >= 0.6 is 11.6 Å². The molecular formula is C14H16ClN3O2. The van der Waals surface area contributed by atoms with Gasteiger partial charge in [-0.05, 0) is 18.2 Å². The van der Waals surface area contributed by atoms with Crippen LogP contribution in [0.5, 0.6) is 0 Å². The number of urea groups is 1. The first-order valence-corrected chi connectivity index (χ1v) is 6.70. The molecule has 0 atom stereocenters. The summed E-state index contributed by atoms with van der Waals surface area (Å²) in [4.78, 5) is 13.8. The van der Waals surface area contributed by atoms with E-state index in [1.165, 1.54) is 0 Å². The summed E-state index contributed by atoms with van der Waals surface area (Å²) in [6.45, 7) is 2.57. The molecule has 0 unspecified atom stereocenters. The number of hydrogen-bond donors (Lipinski definition) is 2. The van der Waals surface area contributed by atoms with Crippen molar-refractivity contribution >= 4 is 23.3 Å². The van der Waals surface area contributed by atoms with Gasteiger partial charge >= 0.3 is 6.03 Å². The molecule has 0 radical (unpaired) electrons. The molecule has 2 rings (SSSR count). The number of carbonyl (C=O) groups is 1. The predicted molar refractivity (Wildman–Crippen MR) is 78.8 cm³/mol. The number of rotatable bonds is 1. The summed E-state index contributed by atoms with van der Waals surface area (Å²) in [5, 5.41) is 3.27. The van der Waals surface area contributed by atoms with Gasteiger partial charge in [-0.25, -0.2) is 4.79 Å². The van der Waals surface area contributed by atoms with Gasteiger partial charge in [-0.1, -0.05) is 23.4 Å². The summed E-state index contributed by atoms with van der Waals surface area (Å²) in [6, 6.07) is 5.05. The number of hydrogen-bond acceptors (Lipinski definition) is 3. The highest BCUT2D eigenvalue weighted by molar-refractivity contribution is 6.33. The lowest BCUT2D eigenvalue weighted by Gasteiger charge is -2.27. The maximum absolute atomic E-state index is 12.1. The largest absolute Gasteiger partial charge is 0.378 e. The summed E-state index contributed by atoms with van der Waals surface area (Å²) in [5.74, 6) is 5.67. The molecule has 5 nitrogen and oxygen atoms in total. The molecule has 0 aliphatic carbocycles. The molecule has 1 saturated heterocycles. The van der Waals surface area contributed by atoms with Gasteiger partial charge in [0.2, 0.25) is 0 Å². The van der Waals surface area contributed by atoms with Crippen molar-refractivity contribution in [2.75, 3.05) is 38.2 Å². The zero-order valence-corrected chi connectivity index (χ0v) is 11.7. The minimum absolute atomic E-state index is 0.181. The van der Waals surface area contributed by atoms with E-state index >= 15 is 0 Å². The zero-order chi connectivity index (χ0) is 14.4. The Morgan fingerprint density at radius 1 is 1.45 bits per heavy atom. The van der Waals surface area contributed by atoms with E-state index in [0.29, 0.717) is 37.0 Å². The minimum atomic E-state index is -0.181. The lowest BCUT2D eigenvalue weighted by molar-refractivity contribution is 0.0564. The van der Waals surface area contributed by atoms with Crippen molar-refractivity contribution in [2.45, 2.75) is 0 Å². The Bertz CT molecular complexity index is 545. The Kier molecular flexibility index (Phi) is 5.24. The van der Waals surface area contributed by atoms with Crippen LogP contribution < -0.4 is 11.1 Å². The van der Waals surface area contributed by atoms with Crippen LogP contribution in [0.3, 0.4) is 0 Å². The van der Waals surface area contributed by atoms with E-state index < -0.39 is 0 Å². The van der Waals surface area contributed by atoms with Crippen molar-refractivity contribution in [2.24, 2.45) is 5.73 Å². The van der Waals surface area contributed by atoms with Crippen molar-refractivity contribution in [3.8, 4) is 11.8 Å². The normalized spacial score (nSPS) is 14.4. The van der Waals surface area contributed by atoms with Gasteiger partial charge in [-0.15, -0.1) is 0 Å². The molecule has 1 heterocycles. The smallest absolute Gasteiger partial charge is 0.322 e. The van der Waals surface area contributed by atoms with Gasteiger partial charge in [0.05, 0.1) is 30.5 Å². The Morgan fingerprint density at radius 2 is 2.20 bits per heavy atom. The molecule has 20 heavy (non-hydrogen) atoms. The standard InChI is InChI=1S/C14H16ClN3O2/c15-12-4-3-11(2-1-5-16)10-13(12)17-14(19)18-6-8-20-9-7-18/h3-4,10H,5-9,16H2,(H,17,19). The monoisotopic (exact) mass is 293 g/mol. The molecule has 1 aliphatic heterocycles. The first-order valence-electron chi connectivity index (χ1n) is 6.33. The van der Waals surface area contributed by atoms with Gasteiger partial charge in [0, 0.05) is 18.7 Å². The average molecular weight is 294 g/mol. The quantitative estimate of drug-likeness (QED) is 0.771. The van der Waals surface area contributed by atoms with Crippen LogP contribution in [0.15, 0.2) is 18.2 Å². The first kappa shape index (κ1) is 14.7. The average Bonchev–Trinajstić information content (AvgIpc) is 2.49. The summed E-state index contributed by atoms with van der Waals surface area (Å²) in [7, 11) is 0. The highest BCUT2D eigenvalue weighted by Gasteiger charge is 2.17. The second kappa shape index (κ2) is 7.15. The van der Waals surface area contributed by atoms with Crippen LogP contribution in [0.2, 0.25) is 5.02 Å². The van der Waals surface area contributed by atoms with Gasteiger partial charge in [0.25, 0.3) is 0 Å². The van der Waals surface area contributed by atoms with Crippen LogP contribution in [0.4, 0.5) is 10.5 Å². The molecule has 3 N–H and O–H groups in total. The summed E-state index contributed by atoms with van der Waals surface area (Å²) in [5.41, 5.74) is 6.64. The van der Waals surface area contributed by atoms with Crippen molar-refractivity contribution in [1.82, 2.24) is 4.90 Å². The van der Waals surface area contributed by atoms with Gasteiger partial charge in [0.1, 0.15) is 0 Å². The summed E-state index contributed by atoms with van der Waals surface area (Å²) >= 11 is 6.08. The van der Waals surface area contributed by atoms with Crippen molar-refractivity contribution in [1.29, 1.82) is 0 Å². The Hall–Kier alpha value is -1.74. The van der Waals surface area contributed by atoms with Gasteiger partial charge in [0.15, 0.2) is 0 Å². The van der Waals surface area contributed by atoms with E-state index in [2.05, 4.69) is 17.2 Å². The number of halogens is 1. The number of ether oxygens (including phenoxy) is 1. The molecule has 6 heteroatoms. The van der Waals surface area contributed by atoms with Crippen molar-refractivity contribution in [3.63, 3.8) is 0 Å². The maximum atomic E-state index is 12.1. The molecule has 0 aromatic heterocycles. The van der Waals surface area contributed by atoms with Crippen LogP contribution in [0, 0.1) is 11.8 Å². The highest BCUT2D eigenvalue weighted by Crippen LogP contribution is 2.23. The molecule has 1 fully saturated rings. The Balaban J connectivity index is 2.09. The fraction of sp³-hybridized carbons (Fsp3) is 0.357. The van der Waals surface area contributed by atoms with Gasteiger partial charge < -0.3 is 20.7 Å². The lowest BCUT2D eigenvalue weighted by atomic mass is 10.2. The number of morpholine rings is 1. The first-order chi connectivity index (χ1) is 9.70.